The molecule has 0 fully saturated rings. The molecule has 0 aliphatic rings. The van der Waals surface area contributed by atoms with Crippen LogP contribution in [-0.2, 0) is 20.7 Å². The summed E-state index contributed by atoms with van der Waals surface area (Å²) in [7, 11) is 0. The quantitative estimate of drug-likeness (QED) is 0.786. The summed E-state index contributed by atoms with van der Waals surface area (Å²) < 4.78 is 37.3. The van der Waals surface area contributed by atoms with Crippen LogP contribution in [0.4, 0.5) is 13.2 Å². The van der Waals surface area contributed by atoms with Crippen molar-refractivity contribution in [2.75, 3.05) is 0 Å². The fourth-order valence-corrected chi connectivity index (χ4v) is 1.86. The third-order valence-electron chi connectivity index (χ3n) is 1.90. The molecule has 1 heterocycles. The second-order valence-corrected chi connectivity index (χ2v) is 6.68. The predicted octanol–water partition coefficient (Wildman–Crippen LogP) is 2.64. The molecule has 0 aliphatic carbocycles. The number of hydrogen-bond donors (Lipinski definition) is 2. The van der Waals surface area contributed by atoms with Crippen LogP contribution in [-0.4, -0.2) is 39.8 Å². The number of carbonyl (C=O) groups excluding carboxylic acids is 1. The van der Waals surface area contributed by atoms with Crippen LogP contribution in [0.5, 0.6) is 0 Å². The van der Waals surface area contributed by atoms with Gasteiger partial charge in [-0.05, 0) is 20.8 Å². The first-order chi connectivity index (χ1) is 10.2. The molecule has 132 valence electrons. The molecule has 0 bridgehead atoms. The largest absolute Gasteiger partial charge is 0.490 e. The smallest absolute Gasteiger partial charge is 0.475 e. The maximum atomic E-state index is 11.6. The molecular formula is C12H16ClF3N2O4S. The number of nitrogens with zero attached hydrogens (tertiary/aromatic N) is 1. The number of rotatable bonds is 3. The van der Waals surface area contributed by atoms with Crippen molar-refractivity contribution in [3.05, 3.63) is 15.5 Å². The van der Waals surface area contributed by atoms with E-state index in [1.165, 1.54) is 11.3 Å². The van der Waals surface area contributed by atoms with E-state index in [2.05, 4.69) is 4.98 Å². The molecule has 0 aliphatic heterocycles. The predicted molar refractivity (Wildman–Crippen MR) is 78.3 cm³/mol. The number of esters is 1. The summed E-state index contributed by atoms with van der Waals surface area (Å²) in [4.78, 5) is 24.5. The van der Waals surface area contributed by atoms with E-state index in [0.29, 0.717) is 16.6 Å². The van der Waals surface area contributed by atoms with Gasteiger partial charge in [-0.3, -0.25) is 4.79 Å². The molecule has 1 atom stereocenters. The first-order valence-corrected chi connectivity index (χ1v) is 7.36. The molecule has 1 rings (SSSR count). The van der Waals surface area contributed by atoms with Crippen molar-refractivity contribution < 1.29 is 32.6 Å². The molecule has 1 unspecified atom stereocenters. The van der Waals surface area contributed by atoms with Crippen LogP contribution in [0.1, 0.15) is 26.5 Å². The molecule has 0 spiro atoms. The number of ether oxygens (including phenoxy) is 1. The first kappa shape index (κ1) is 21.6. The molecule has 1 aromatic rings. The number of nitrogens with two attached hydrogens (primary N) is 1. The Labute approximate surface area is 139 Å². The number of alkyl halides is 3. The van der Waals surface area contributed by atoms with Gasteiger partial charge in [0, 0.05) is 11.8 Å². The van der Waals surface area contributed by atoms with Gasteiger partial charge in [-0.15, -0.1) is 11.3 Å². The molecule has 0 radical (unpaired) electrons. The minimum Gasteiger partial charge on any atom is -0.475 e. The Hall–Kier alpha value is -1.39. The number of hydrogen-bond acceptors (Lipinski definition) is 6. The number of halogens is 4. The third-order valence-corrected chi connectivity index (χ3v) is 2.93. The lowest BCUT2D eigenvalue weighted by molar-refractivity contribution is -0.192. The van der Waals surface area contributed by atoms with Gasteiger partial charge in [-0.2, -0.15) is 13.2 Å². The monoisotopic (exact) mass is 376 g/mol. The normalized spacial score (nSPS) is 12.9. The summed E-state index contributed by atoms with van der Waals surface area (Å²) in [5.41, 5.74) is 5.91. The summed E-state index contributed by atoms with van der Waals surface area (Å²) in [5.74, 6) is -3.18. The number of aliphatic carboxylic acids is 1. The van der Waals surface area contributed by atoms with E-state index in [9.17, 15) is 18.0 Å². The first-order valence-electron chi connectivity index (χ1n) is 6.11. The van der Waals surface area contributed by atoms with Crippen molar-refractivity contribution in [2.24, 2.45) is 5.73 Å². The lowest BCUT2D eigenvalue weighted by Gasteiger charge is -2.21. The SMILES string of the molecule is CC(C)(C)OC(=O)C(N)Cc1csc(Cl)n1.O=C(O)C(F)(F)F. The second-order valence-electron chi connectivity index (χ2n) is 5.24. The minimum atomic E-state index is -5.08. The summed E-state index contributed by atoms with van der Waals surface area (Å²) >= 11 is 7.00. The van der Waals surface area contributed by atoms with E-state index in [1.54, 1.807) is 26.2 Å². The molecule has 0 saturated carbocycles. The van der Waals surface area contributed by atoms with Gasteiger partial charge in [0.1, 0.15) is 11.6 Å². The zero-order valence-electron chi connectivity index (χ0n) is 12.5. The molecule has 1 aromatic heterocycles. The minimum absolute atomic E-state index is 0.345. The van der Waals surface area contributed by atoms with Gasteiger partial charge in [0.15, 0.2) is 4.47 Å². The van der Waals surface area contributed by atoms with Crippen molar-refractivity contribution in [1.29, 1.82) is 0 Å². The maximum Gasteiger partial charge on any atom is 0.490 e. The molecular weight excluding hydrogens is 361 g/mol. The fourth-order valence-electron chi connectivity index (χ4n) is 1.06. The van der Waals surface area contributed by atoms with Crippen LogP contribution in [0.2, 0.25) is 4.47 Å². The summed E-state index contributed by atoms with van der Waals surface area (Å²) in [6.07, 6.45) is -4.74. The standard InChI is InChI=1S/C10H15ClN2O2S.C2HF3O2/c1-10(2,3)15-8(14)7(12)4-6-5-16-9(11)13-6;3-2(4,5)1(6)7/h5,7H,4,12H2,1-3H3;(H,6,7). The van der Waals surface area contributed by atoms with Crippen molar-refractivity contribution in [3.63, 3.8) is 0 Å². The molecule has 0 amide bonds. The van der Waals surface area contributed by atoms with E-state index < -0.39 is 29.8 Å². The second kappa shape index (κ2) is 8.46. The Balaban J connectivity index is 0.000000585. The van der Waals surface area contributed by atoms with E-state index in [0.717, 1.165) is 0 Å². The lowest BCUT2D eigenvalue weighted by atomic mass is 10.1. The van der Waals surface area contributed by atoms with Gasteiger partial charge in [0.25, 0.3) is 0 Å². The Kier molecular flexibility index (Phi) is 7.95. The van der Waals surface area contributed by atoms with Crippen molar-refractivity contribution in [1.82, 2.24) is 4.98 Å². The van der Waals surface area contributed by atoms with Crippen LogP contribution < -0.4 is 5.73 Å². The zero-order valence-corrected chi connectivity index (χ0v) is 14.1. The number of thiazole rings is 1. The Morgan fingerprint density at radius 1 is 1.43 bits per heavy atom. The summed E-state index contributed by atoms with van der Waals surface area (Å²) in [6.45, 7) is 5.41. The molecule has 3 N–H and O–H groups in total. The molecule has 0 saturated heterocycles. The lowest BCUT2D eigenvalue weighted by Crippen LogP contribution is -2.38. The van der Waals surface area contributed by atoms with Gasteiger partial charge in [0.05, 0.1) is 5.69 Å². The Morgan fingerprint density at radius 3 is 2.22 bits per heavy atom. The summed E-state index contributed by atoms with van der Waals surface area (Å²) in [6, 6.07) is -0.697. The van der Waals surface area contributed by atoms with Crippen molar-refractivity contribution in [3.8, 4) is 0 Å². The Bertz CT molecular complexity index is 543. The van der Waals surface area contributed by atoms with Gasteiger partial charge >= 0.3 is 18.1 Å². The molecule has 6 nitrogen and oxygen atoms in total. The highest BCUT2D eigenvalue weighted by atomic mass is 35.5. The van der Waals surface area contributed by atoms with Crippen LogP contribution in [0, 0.1) is 0 Å². The topological polar surface area (TPSA) is 103 Å². The van der Waals surface area contributed by atoms with E-state index >= 15 is 0 Å². The molecule has 11 heteroatoms. The number of carbonyl (C=O) groups is 2. The highest BCUT2D eigenvalue weighted by Crippen LogP contribution is 2.17. The average molecular weight is 377 g/mol. The van der Waals surface area contributed by atoms with Crippen molar-refractivity contribution >= 4 is 34.9 Å². The van der Waals surface area contributed by atoms with E-state index in [1.807, 2.05) is 0 Å². The highest BCUT2D eigenvalue weighted by Gasteiger charge is 2.38. The van der Waals surface area contributed by atoms with E-state index in [-0.39, 0.29) is 0 Å². The van der Waals surface area contributed by atoms with Gasteiger partial charge in [0.2, 0.25) is 0 Å². The number of aromatic nitrogens is 1. The number of carboxylic acids is 1. The number of carboxylic acid groups (broad SMARTS) is 1. The maximum absolute atomic E-state index is 11.6. The van der Waals surface area contributed by atoms with Crippen LogP contribution >= 0.6 is 22.9 Å². The molecule has 0 aromatic carbocycles. The highest BCUT2D eigenvalue weighted by molar-refractivity contribution is 7.13. The Morgan fingerprint density at radius 2 is 1.91 bits per heavy atom. The fraction of sp³-hybridized carbons (Fsp3) is 0.583. The van der Waals surface area contributed by atoms with Crippen molar-refractivity contribution in [2.45, 2.75) is 45.0 Å². The van der Waals surface area contributed by atoms with Gasteiger partial charge in [-0.25, -0.2) is 9.78 Å². The summed E-state index contributed by atoms with van der Waals surface area (Å²) in [5, 5.41) is 8.91. The van der Waals surface area contributed by atoms with Gasteiger partial charge < -0.3 is 15.6 Å². The van der Waals surface area contributed by atoms with E-state index in [4.69, 9.17) is 32.0 Å². The average Bonchev–Trinajstić information content (AvgIpc) is 2.72. The van der Waals surface area contributed by atoms with Crippen LogP contribution in [0.3, 0.4) is 0 Å². The van der Waals surface area contributed by atoms with Crippen LogP contribution in [0.15, 0.2) is 5.38 Å². The molecule has 23 heavy (non-hydrogen) atoms. The van der Waals surface area contributed by atoms with Gasteiger partial charge in [-0.1, -0.05) is 11.6 Å². The third kappa shape index (κ3) is 10.1. The van der Waals surface area contributed by atoms with Crippen LogP contribution in [0.25, 0.3) is 0 Å². The zero-order chi connectivity index (χ0) is 18.4.